The van der Waals surface area contributed by atoms with Crippen molar-refractivity contribution in [3.63, 3.8) is 0 Å². The Balaban J connectivity index is 1.61. The van der Waals surface area contributed by atoms with Crippen LogP contribution in [0, 0.1) is 6.92 Å². The fourth-order valence-corrected chi connectivity index (χ4v) is 5.50. The molecule has 2 aromatic rings. The minimum absolute atomic E-state index is 0.0285. The average Bonchev–Trinajstić information content (AvgIpc) is 2.97. The maximum absolute atomic E-state index is 12.4. The number of carbonyl (C=O) groups is 1. The first-order valence-corrected chi connectivity index (χ1v) is 9.92. The van der Waals surface area contributed by atoms with Gasteiger partial charge in [-0.3, -0.25) is 5.10 Å². The Kier molecular flexibility index (Phi) is 4.06. The Morgan fingerprint density at radius 2 is 1.96 bits per heavy atom. The molecule has 0 saturated carbocycles. The Labute approximate surface area is 158 Å². The van der Waals surface area contributed by atoms with Crippen LogP contribution in [0.4, 0.5) is 4.79 Å². The van der Waals surface area contributed by atoms with Gasteiger partial charge < -0.3 is 9.64 Å². The van der Waals surface area contributed by atoms with E-state index in [1.54, 1.807) is 0 Å². The number of benzene rings is 1. The molecule has 3 heterocycles. The predicted molar refractivity (Wildman–Crippen MR) is 103 cm³/mol. The number of hydrogen-bond donors (Lipinski definition) is 1. The number of likely N-dealkylation sites (tertiary alicyclic amines) is 1. The number of aryl methyl sites for hydroxylation is 1. The average molecular weight is 372 g/mol. The number of nitrogens with zero attached hydrogens (tertiary/aromatic N) is 2. The second kappa shape index (κ2) is 6.05. The Hall–Kier alpha value is -1.95. The van der Waals surface area contributed by atoms with Crippen molar-refractivity contribution in [1.82, 2.24) is 15.1 Å². The number of aromatic amines is 1. The molecule has 4 rings (SSSR count). The van der Waals surface area contributed by atoms with Gasteiger partial charge in [-0.1, -0.05) is 18.2 Å². The summed E-state index contributed by atoms with van der Waals surface area (Å²) in [5.41, 5.74) is 4.26. The SMILES string of the molecule is Cc1[nH]nc2c1C1(CCN(C(=O)OC(C)(C)C)CC1)Sc1ccccc1-2. The maximum Gasteiger partial charge on any atom is 0.410 e. The summed E-state index contributed by atoms with van der Waals surface area (Å²) in [6.07, 6.45) is 1.59. The van der Waals surface area contributed by atoms with Gasteiger partial charge in [0.15, 0.2) is 0 Å². The van der Waals surface area contributed by atoms with E-state index in [2.05, 4.69) is 41.4 Å². The number of thioether (sulfide) groups is 1. The van der Waals surface area contributed by atoms with Crippen molar-refractivity contribution >= 4 is 17.9 Å². The Morgan fingerprint density at radius 3 is 2.65 bits per heavy atom. The molecule has 0 aliphatic carbocycles. The fourth-order valence-electron chi connectivity index (χ4n) is 3.92. The van der Waals surface area contributed by atoms with Gasteiger partial charge in [0.25, 0.3) is 0 Å². The molecular formula is C20H25N3O2S. The molecule has 0 unspecified atom stereocenters. The lowest BCUT2D eigenvalue weighted by Gasteiger charge is -2.44. The summed E-state index contributed by atoms with van der Waals surface area (Å²) in [5.74, 6) is 0. The number of aromatic nitrogens is 2. The summed E-state index contributed by atoms with van der Waals surface area (Å²) >= 11 is 1.93. The zero-order chi connectivity index (χ0) is 18.5. The van der Waals surface area contributed by atoms with E-state index in [4.69, 9.17) is 4.74 Å². The molecule has 6 heteroatoms. The van der Waals surface area contributed by atoms with E-state index in [0.717, 1.165) is 24.2 Å². The van der Waals surface area contributed by atoms with Gasteiger partial charge >= 0.3 is 6.09 Å². The van der Waals surface area contributed by atoms with Gasteiger partial charge in [0.1, 0.15) is 5.60 Å². The van der Waals surface area contributed by atoms with Crippen molar-refractivity contribution in [2.45, 2.75) is 55.8 Å². The van der Waals surface area contributed by atoms with Gasteiger partial charge in [-0.2, -0.15) is 5.10 Å². The number of rotatable bonds is 0. The third kappa shape index (κ3) is 2.90. The summed E-state index contributed by atoms with van der Waals surface area (Å²) in [5, 5.41) is 7.79. The molecule has 1 aromatic carbocycles. The molecule has 0 bridgehead atoms. The maximum atomic E-state index is 12.4. The molecule has 26 heavy (non-hydrogen) atoms. The largest absolute Gasteiger partial charge is 0.444 e. The molecule has 1 N–H and O–H groups in total. The first-order valence-electron chi connectivity index (χ1n) is 9.11. The predicted octanol–water partition coefficient (Wildman–Crippen LogP) is 4.72. The standard InChI is InChI=1S/C20H25N3O2S/c1-13-16-17(22-21-13)14-7-5-6-8-15(14)26-20(16)9-11-23(12-10-20)18(24)25-19(2,3)4/h5-8H,9-12H2,1-4H3,(H,21,22). The zero-order valence-corrected chi connectivity index (χ0v) is 16.6. The number of piperidine rings is 1. The highest BCUT2D eigenvalue weighted by Crippen LogP contribution is 2.57. The van der Waals surface area contributed by atoms with Crippen molar-refractivity contribution < 1.29 is 9.53 Å². The van der Waals surface area contributed by atoms with Crippen LogP contribution in [0.15, 0.2) is 29.2 Å². The summed E-state index contributed by atoms with van der Waals surface area (Å²) < 4.78 is 5.52. The molecule has 1 spiro atoms. The van der Waals surface area contributed by atoms with E-state index in [9.17, 15) is 4.79 Å². The van der Waals surface area contributed by atoms with E-state index in [1.165, 1.54) is 16.0 Å². The second-order valence-corrected chi connectivity index (χ2v) is 9.56. The highest BCUT2D eigenvalue weighted by Gasteiger charge is 2.45. The number of H-pyrrole nitrogens is 1. The van der Waals surface area contributed by atoms with Gasteiger partial charge in [0, 0.05) is 34.8 Å². The Bertz CT molecular complexity index is 845. The van der Waals surface area contributed by atoms with Gasteiger partial charge in [-0.15, -0.1) is 11.8 Å². The quantitative estimate of drug-likeness (QED) is 0.728. The van der Waals surface area contributed by atoms with Crippen LogP contribution in [0.1, 0.15) is 44.9 Å². The van der Waals surface area contributed by atoms with Crippen LogP contribution in [0.3, 0.4) is 0 Å². The minimum Gasteiger partial charge on any atom is -0.444 e. The highest BCUT2D eigenvalue weighted by atomic mass is 32.2. The van der Waals surface area contributed by atoms with Crippen LogP contribution in [-0.4, -0.2) is 39.9 Å². The molecular weight excluding hydrogens is 346 g/mol. The van der Waals surface area contributed by atoms with Crippen LogP contribution in [0.2, 0.25) is 0 Å². The minimum atomic E-state index is -0.459. The molecule has 5 nitrogen and oxygen atoms in total. The topological polar surface area (TPSA) is 58.2 Å². The van der Waals surface area contributed by atoms with Crippen molar-refractivity contribution in [3.05, 3.63) is 35.5 Å². The van der Waals surface area contributed by atoms with Crippen molar-refractivity contribution in [2.24, 2.45) is 0 Å². The Morgan fingerprint density at radius 1 is 1.27 bits per heavy atom. The fraction of sp³-hybridized carbons (Fsp3) is 0.500. The lowest BCUT2D eigenvalue weighted by atomic mass is 9.85. The molecule has 1 fully saturated rings. The van der Waals surface area contributed by atoms with Crippen LogP contribution in [-0.2, 0) is 9.48 Å². The zero-order valence-electron chi connectivity index (χ0n) is 15.8. The number of carbonyl (C=O) groups excluding carboxylic acids is 1. The molecule has 0 atom stereocenters. The molecule has 138 valence electrons. The van der Waals surface area contributed by atoms with Crippen LogP contribution < -0.4 is 0 Å². The smallest absolute Gasteiger partial charge is 0.410 e. The molecule has 1 amide bonds. The molecule has 2 aliphatic heterocycles. The lowest BCUT2D eigenvalue weighted by molar-refractivity contribution is 0.0196. The molecule has 2 aliphatic rings. The number of hydrogen-bond acceptors (Lipinski definition) is 4. The van der Waals surface area contributed by atoms with Crippen LogP contribution >= 0.6 is 11.8 Å². The molecule has 1 saturated heterocycles. The monoisotopic (exact) mass is 371 g/mol. The number of ether oxygens (including phenoxy) is 1. The first-order chi connectivity index (χ1) is 12.3. The first kappa shape index (κ1) is 17.5. The summed E-state index contributed by atoms with van der Waals surface area (Å²) in [6, 6.07) is 8.47. The van der Waals surface area contributed by atoms with E-state index < -0.39 is 5.60 Å². The number of amides is 1. The van der Waals surface area contributed by atoms with E-state index in [1.807, 2.05) is 37.4 Å². The molecule has 1 aromatic heterocycles. The van der Waals surface area contributed by atoms with Gasteiger partial charge in [0.05, 0.1) is 10.4 Å². The number of fused-ring (bicyclic) bond motifs is 4. The van der Waals surface area contributed by atoms with Gasteiger partial charge in [-0.25, -0.2) is 4.79 Å². The van der Waals surface area contributed by atoms with E-state index >= 15 is 0 Å². The van der Waals surface area contributed by atoms with Gasteiger partial charge in [0.2, 0.25) is 0 Å². The summed E-state index contributed by atoms with van der Waals surface area (Å²) in [6.45, 7) is 9.23. The van der Waals surface area contributed by atoms with Gasteiger partial charge in [-0.05, 0) is 46.6 Å². The van der Waals surface area contributed by atoms with Crippen molar-refractivity contribution in [2.75, 3.05) is 13.1 Å². The lowest BCUT2D eigenvalue weighted by Crippen LogP contribution is -2.46. The summed E-state index contributed by atoms with van der Waals surface area (Å²) in [7, 11) is 0. The third-order valence-electron chi connectivity index (χ3n) is 5.07. The van der Waals surface area contributed by atoms with Crippen LogP contribution in [0.5, 0.6) is 0 Å². The second-order valence-electron chi connectivity index (χ2n) is 8.13. The molecule has 0 radical (unpaired) electrons. The van der Waals surface area contributed by atoms with Crippen molar-refractivity contribution in [3.8, 4) is 11.3 Å². The van der Waals surface area contributed by atoms with E-state index in [-0.39, 0.29) is 10.8 Å². The van der Waals surface area contributed by atoms with Crippen LogP contribution in [0.25, 0.3) is 11.3 Å². The normalized spacial score (nSPS) is 18.4. The van der Waals surface area contributed by atoms with E-state index in [0.29, 0.717) is 13.1 Å². The van der Waals surface area contributed by atoms with Crippen molar-refractivity contribution in [1.29, 1.82) is 0 Å². The number of nitrogens with one attached hydrogen (secondary N) is 1. The highest BCUT2D eigenvalue weighted by molar-refractivity contribution is 8.00. The summed E-state index contributed by atoms with van der Waals surface area (Å²) in [4.78, 5) is 15.5. The third-order valence-corrected chi connectivity index (χ3v) is 6.65.